The van der Waals surface area contributed by atoms with Crippen molar-refractivity contribution in [1.82, 2.24) is 14.8 Å². The summed E-state index contributed by atoms with van der Waals surface area (Å²) in [4.78, 5) is 3.85. The molecule has 0 radical (unpaired) electrons. The molecular formula is C15H17Cl2N3O. The van der Waals surface area contributed by atoms with Crippen LogP contribution < -0.4 is 0 Å². The van der Waals surface area contributed by atoms with Crippen molar-refractivity contribution < 1.29 is 5.11 Å². The van der Waals surface area contributed by atoms with Crippen molar-refractivity contribution in [3.05, 3.63) is 53.0 Å². The van der Waals surface area contributed by atoms with Crippen LogP contribution in [-0.2, 0) is 5.41 Å². The van der Waals surface area contributed by atoms with Gasteiger partial charge in [0.15, 0.2) is 0 Å². The van der Waals surface area contributed by atoms with E-state index in [1.165, 1.54) is 17.3 Å². The molecular weight excluding hydrogens is 309 g/mol. The number of halogens is 2. The van der Waals surface area contributed by atoms with Gasteiger partial charge in [-0.25, -0.2) is 9.67 Å². The third kappa shape index (κ3) is 3.64. The Morgan fingerprint density at radius 2 is 2.14 bits per heavy atom. The maximum Gasteiger partial charge on any atom is 0.138 e. The van der Waals surface area contributed by atoms with Gasteiger partial charge in [-0.15, -0.1) is 0 Å². The van der Waals surface area contributed by atoms with Crippen molar-refractivity contribution >= 4 is 28.9 Å². The summed E-state index contributed by atoms with van der Waals surface area (Å²) >= 11 is 12.2. The molecule has 0 saturated carbocycles. The topological polar surface area (TPSA) is 50.9 Å². The number of aromatic nitrogens is 3. The fourth-order valence-corrected chi connectivity index (χ4v) is 2.92. The molecule has 1 unspecified atom stereocenters. The van der Waals surface area contributed by atoms with Gasteiger partial charge >= 0.3 is 0 Å². The molecule has 0 amide bonds. The predicted octanol–water partition coefficient (Wildman–Crippen LogP) is 3.78. The van der Waals surface area contributed by atoms with Gasteiger partial charge in [0.2, 0.25) is 0 Å². The van der Waals surface area contributed by atoms with Crippen molar-refractivity contribution in [2.24, 2.45) is 0 Å². The summed E-state index contributed by atoms with van der Waals surface area (Å²) in [5, 5.41) is 15.5. The summed E-state index contributed by atoms with van der Waals surface area (Å²) in [7, 11) is 0. The fraction of sp³-hybridized carbons (Fsp3) is 0.333. The molecule has 112 valence electrons. The Kier molecular flexibility index (Phi) is 4.71. The molecule has 0 aliphatic heterocycles. The summed E-state index contributed by atoms with van der Waals surface area (Å²) in [5.41, 5.74) is 1.06. The molecule has 1 aromatic carbocycles. The maximum atomic E-state index is 10.4. The first-order valence-corrected chi connectivity index (χ1v) is 7.24. The normalized spacial score (nSPS) is 13.2. The highest BCUT2D eigenvalue weighted by atomic mass is 35.5. The summed E-state index contributed by atoms with van der Waals surface area (Å²) in [5.74, 6) is 0. The van der Waals surface area contributed by atoms with E-state index < -0.39 is 6.10 Å². The lowest BCUT2D eigenvalue weighted by molar-refractivity contribution is 0.185. The Balaban J connectivity index is 2.18. The minimum absolute atomic E-state index is 0.343. The molecule has 6 heteroatoms. The Hall–Kier alpha value is -1.36. The molecule has 0 saturated heterocycles. The summed E-state index contributed by atoms with van der Waals surface area (Å²) in [6.45, 7) is 7.90. The van der Waals surface area contributed by atoms with Crippen LogP contribution in [0.3, 0.4) is 0 Å². The van der Waals surface area contributed by atoms with Gasteiger partial charge in [-0.2, -0.15) is 5.10 Å². The summed E-state index contributed by atoms with van der Waals surface area (Å²) < 4.78 is 1.46. The molecule has 2 rings (SSSR count). The van der Waals surface area contributed by atoms with E-state index in [9.17, 15) is 5.11 Å². The molecule has 1 heterocycles. The molecule has 0 spiro atoms. The second-order valence-corrected chi connectivity index (χ2v) is 6.40. The first-order chi connectivity index (χ1) is 9.81. The lowest BCUT2D eigenvalue weighted by Crippen LogP contribution is -2.27. The molecule has 4 nitrogen and oxygen atoms in total. The van der Waals surface area contributed by atoms with Gasteiger partial charge in [-0.05, 0) is 29.5 Å². The van der Waals surface area contributed by atoms with E-state index in [1.807, 2.05) is 19.9 Å². The molecule has 1 N–H and O–H groups in total. The highest BCUT2D eigenvalue weighted by Crippen LogP contribution is 2.36. The average molecular weight is 326 g/mol. The van der Waals surface area contributed by atoms with Crippen LogP contribution in [0.4, 0.5) is 0 Å². The third-order valence-corrected chi connectivity index (χ3v) is 4.01. The van der Waals surface area contributed by atoms with Crippen molar-refractivity contribution in [2.75, 3.05) is 0 Å². The zero-order valence-corrected chi connectivity index (χ0v) is 13.4. The van der Waals surface area contributed by atoms with Crippen LogP contribution in [0, 0.1) is 0 Å². The summed E-state index contributed by atoms with van der Waals surface area (Å²) in [6, 6.07) is 5.39. The lowest BCUT2D eigenvalue weighted by atomic mass is 9.79. The minimum atomic E-state index is -0.756. The van der Waals surface area contributed by atoms with Gasteiger partial charge in [0.25, 0.3) is 0 Å². The molecule has 0 bridgehead atoms. The highest BCUT2D eigenvalue weighted by Gasteiger charge is 2.28. The van der Waals surface area contributed by atoms with Crippen molar-refractivity contribution in [3.63, 3.8) is 0 Å². The SMILES string of the molecule is C=C(C(O)CC(C)(C)c1ccc(Cl)cc1Cl)n1cncn1. The number of nitrogens with zero attached hydrogens (tertiary/aromatic N) is 3. The van der Waals surface area contributed by atoms with Crippen LogP contribution in [0.5, 0.6) is 0 Å². The number of hydrogen-bond acceptors (Lipinski definition) is 3. The van der Waals surface area contributed by atoms with Crippen LogP contribution in [0.15, 0.2) is 37.4 Å². The van der Waals surface area contributed by atoms with Crippen LogP contribution in [0.1, 0.15) is 25.8 Å². The van der Waals surface area contributed by atoms with Gasteiger partial charge in [0.05, 0.1) is 11.8 Å². The summed E-state index contributed by atoms with van der Waals surface area (Å²) in [6.07, 6.45) is 2.61. The fourth-order valence-electron chi connectivity index (χ4n) is 2.26. The third-order valence-electron chi connectivity index (χ3n) is 3.46. The van der Waals surface area contributed by atoms with Gasteiger partial charge in [-0.1, -0.05) is 49.7 Å². The van der Waals surface area contributed by atoms with E-state index in [0.717, 1.165) is 5.56 Å². The van der Waals surface area contributed by atoms with E-state index in [1.54, 1.807) is 12.1 Å². The van der Waals surface area contributed by atoms with Gasteiger partial charge in [0.1, 0.15) is 12.7 Å². The van der Waals surface area contributed by atoms with Crippen LogP contribution in [0.25, 0.3) is 5.70 Å². The van der Waals surface area contributed by atoms with Crippen LogP contribution in [0.2, 0.25) is 10.0 Å². The first kappa shape index (κ1) is 16.0. The predicted molar refractivity (Wildman–Crippen MR) is 85.5 cm³/mol. The zero-order chi connectivity index (χ0) is 15.6. The van der Waals surface area contributed by atoms with Crippen LogP contribution >= 0.6 is 23.2 Å². The van der Waals surface area contributed by atoms with Crippen molar-refractivity contribution in [2.45, 2.75) is 31.8 Å². The largest absolute Gasteiger partial charge is 0.387 e. The number of hydrogen-bond donors (Lipinski definition) is 1. The van der Waals surface area contributed by atoms with E-state index in [0.29, 0.717) is 22.2 Å². The average Bonchev–Trinajstić information content (AvgIpc) is 2.90. The number of aliphatic hydroxyl groups is 1. The van der Waals surface area contributed by atoms with E-state index in [4.69, 9.17) is 23.2 Å². The second kappa shape index (κ2) is 6.18. The van der Waals surface area contributed by atoms with E-state index in [2.05, 4.69) is 16.7 Å². The molecule has 0 fully saturated rings. The molecule has 0 aliphatic carbocycles. The first-order valence-electron chi connectivity index (χ1n) is 6.48. The Bertz CT molecular complexity index is 638. The highest BCUT2D eigenvalue weighted by molar-refractivity contribution is 6.35. The number of aliphatic hydroxyl groups excluding tert-OH is 1. The monoisotopic (exact) mass is 325 g/mol. The van der Waals surface area contributed by atoms with Crippen molar-refractivity contribution in [3.8, 4) is 0 Å². The maximum absolute atomic E-state index is 10.4. The van der Waals surface area contributed by atoms with Gasteiger partial charge in [-0.3, -0.25) is 0 Å². The van der Waals surface area contributed by atoms with Gasteiger partial charge in [0, 0.05) is 10.0 Å². The quantitative estimate of drug-likeness (QED) is 0.909. The van der Waals surface area contributed by atoms with Crippen LogP contribution in [-0.4, -0.2) is 26.0 Å². The van der Waals surface area contributed by atoms with E-state index >= 15 is 0 Å². The Morgan fingerprint density at radius 1 is 1.43 bits per heavy atom. The number of rotatable bonds is 5. The minimum Gasteiger partial charge on any atom is -0.387 e. The molecule has 21 heavy (non-hydrogen) atoms. The number of benzene rings is 1. The molecule has 0 aliphatic rings. The van der Waals surface area contributed by atoms with Gasteiger partial charge < -0.3 is 5.11 Å². The Morgan fingerprint density at radius 3 is 2.71 bits per heavy atom. The molecule has 1 atom stereocenters. The van der Waals surface area contributed by atoms with Crippen molar-refractivity contribution in [1.29, 1.82) is 0 Å². The van der Waals surface area contributed by atoms with E-state index in [-0.39, 0.29) is 5.41 Å². The smallest absolute Gasteiger partial charge is 0.138 e. The molecule has 1 aromatic heterocycles. The molecule has 2 aromatic rings. The standard InChI is InChI=1S/C15H17Cl2N3O/c1-10(20-9-18-8-19-20)14(21)7-15(2,3)12-5-4-11(16)6-13(12)17/h4-6,8-9,14,21H,1,7H2,2-3H3. The Labute approximate surface area is 134 Å². The second-order valence-electron chi connectivity index (χ2n) is 5.56. The lowest BCUT2D eigenvalue weighted by Gasteiger charge is -2.29. The zero-order valence-electron chi connectivity index (χ0n) is 11.9.